The molecule has 24 heavy (non-hydrogen) atoms. The van der Waals surface area contributed by atoms with Crippen molar-refractivity contribution < 1.29 is 17.9 Å². The summed E-state index contributed by atoms with van der Waals surface area (Å²) in [6.45, 7) is 3.49. The van der Waals surface area contributed by atoms with Crippen LogP contribution in [0.1, 0.15) is 43.7 Å². The predicted octanol–water partition coefficient (Wildman–Crippen LogP) is 4.11. The zero-order chi connectivity index (χ0) is 17.0. The first-order valence-corrected chi connectivity index (χ1v) is 8.84. The number of piperazine rings is 1. The van der Waals surface area contributed by atoms with E-state index in [0.29, 0.717) is 11.5 Å². The van der Waals surface area contributed by atoms with Crippen LogP contribution in [0.5, 0.6) is 5.75 Å². The quantitative estimate of drug-likeness (QED) is 0.891. The summed E-state index contributed by atoms with van der Waals surface area (Å²) < 4.78 is 42.8. The molecule has 2 aliphatic rings. The van der Waals surface area contributed by atoms with E-state index in [2.05, 4.69) is 15.0 Å². The highest BCUT2D eigenvalue weighted by Gasteiger charge is 2.36. The van der Waals surface area contributed by atoms with Crippen molar-refractivity contribution in [2.45, 2.75) is 44.5 Å². The molecular formula is C18H25F3N2O. The fourth-order valence-electron chi connectivity index (χ4n) is 4.10. The maximum Gasteiger partial charge on any atom is 0.573 e. The molecule has 1 atom stereocenters. The Balaban J connectivity index is 1.92. The molecule has 0 amide bonds. The number of para-hydroxylation sites is 1. The van der Waals surface area contributed by atoms with Gasteiger partial charge in [0.05, 0.1) is 0 Å². The van der Waals surface area contributed by atoms with Gasteiger partial charge in [-0.2, -0.15) is 0 Å². The minimum atomic E-state index is -4.66. The van der Waals surface area contributed by atoms with Gasteiger partial charge in [0, 0.05) is 37.8 Å². The van der Waals surface area contributed by atoms with Crippen molar-refractivity contribution in [3.63, 3.8) is 0 Å². The molecule has 0 unspecified atom stereocenters. The third kappa shape index (κ3) is 4.42. The minimum absolute atomic E-state index is 0.00551. The monoisotopic (exact) mass is 342 g/mol. The van der Waals surface area contributed by atoms with Crippen molar-refractivity contribution in [1.82, 2.24) is 10.2 Å². The molecule has 1 aliphatic carbocycles. The van der Waals surface area contributed by atoms with Crippen molar-refractivity contribution in [2.75, 3.05) is 26.2 Å². The average Bonchev–Trinajstić information content (AvgIpc) is 2.57. The molecule has 1 aromatic rings. The molecule has 1 saturated carbocycles. The molecule has 1 saturated heterocycles. The van der Waals surface area contributed by atoms with E-state index in [1.165, 1.54) is 12.5 Å². The van der Waals surface area contributed by atoms with E-state index in [0.717, 1.165) is 51.9 Å². The first-order chi connectivity index (χ1) is 11.5. The smallest absolute Gasteiger partial charge is 0.405 e. The highest BCUT2D eigenvalue weighted by molar-refractivity contribution is 5.37. The van der Waals surface area contributed by atoms with Crippen LogP contribution >= 0.6 is 0 Å². The second-order valence-corrected chi connectivity index (χ2v) is 6.71. The Bertz CT molecular complexity index is 505. The summed E-state index contributed by atoms with van der Waals surface area (Å²) >= 11 is 0. The van der Waals surface area contributed by atoms with Gasteiger partial charge in [0.15, 0.2) is 0 Å². The van der Waals surface area contributed by atoms with Crippen LogP contribution in [0.25, 0.3) is 0 Å². The Labute approximate surface area is 141 Å². The molecule has 1 heterocycles. The van der Waals surface area contributed by atoms with Gasteiger partial charge < -0.3 is 10.1 Å². The van der Waals surface area contributed by atoms with Crippen LogP contribution in [0.3, 0.4) is 0 Å². The summed E-state index contributed by atoms with van der Waals surface area (Å²) in [7, 11) is 0. The highest BCUT2D eigenvalue weighted by Crippen LogP contribution is 2.42. The lowest BCUT2D eigenvalue weighted by Crippen LogP contribution is -2.47. The minimum Gasteiger partial charge on any atom is -0.405 e. The standard InChI is InChI=1S/C18H25F3N2O/c19-18(20,21)24-16-9-5-4-8-15(16)17(14-6-2-1-3-7-14)23-12-10-22-11-13-23/h4-5,8-9,14,17,22H,1-3,6-7,10-13H2/t17-/m1/s1. The Morgan fingerprint density at radius 2 is 1.71 bits per heavy atom. The number of nitrogens with zero attached hydrogens (tertiary/aromatic N) is 1. The Hall–Kier alpha value is -1.27. The second-order valence-electron chi connectivity index (χ2n) is 6.71. The fourth-order valence-corrected chi connectivity index (χ4v) is 4.10. The first kappa shape index (κ1) is 17.5. The largest absolute Gasteiger partial charge is 0.573 e. The van der Waals surface area contributed by atoms with E-state index in [1.807, 2.05) is 12.1 Å². The third-order valence-corrected chi connectivity index (χ3v) is 5.10. The van der Waals surface area contributed by atoms with Crippen LogP contribution in [0.15, 0.2) is 24.3 Å². The molecule has 0 spiro atoms. The number of hydrogen-bond donors (Lipinski definition) is 1. The number of halogens is 3. The topological polar surface area (TPSA) is 24.5 Å². The number of nitrogens with one attached hydrogen (secondary N) is 1. The van der Waals surface area contributed by atoms with Gasteiger partial charge in [-0.3, -0.25) is 4.90 Å². The molecule has 3 nitrogen and oxygen atoms in total. The van der Waals surface area contributed by atoms with E-state index in [-0.39, 0.29) is 11.8 Å². The molecule has 134 valence electrons. The molecule has 0 aromatic heterocycles. The van der Waals surface area contributed by atoms with Gasteiger partial charge in [-0.05, 0) is 24.8 Å². The van der Waals surface area contributed by atoms with Crippen LogP contribution in [-0.4, -0.2) is 37.4 Å². The summed E-state index contributed by atoms with van der Waals surface area (Å²) in [5, 5.41) is 3.32. The van der Waals surface area contributed by atoms with E-state index in [4.69, 9.17) is 0 Å². The molecule has 3 rings (SSSR count). The first-order valence-electron chi connectivity index (χ1n) is 8.84. The zero-order valence-electron chi connectivity index (χ0n) is 13.8. The summed E-state index contributed by atoms with van der Waals surface area (Å²) in [6.07, 6.45) is 1.05. The highest BCUT2D eigenvalue weighted by atomic mass is 19.4. The van der Waals surface area contributed by atoms with Gasteiger partial charge in [-0.25, -0.2) is 0 Å². The normalized spacial score (nSPS) is 22.3. The SMILES string of the molecule is FC(F)(F)Oc1ccccc1[C@@H](C1CCCCC1)N1CCNCC1. The lowest BCUT2D eigenvalue weighted by Gasteiger charge is -2.41. The molecule has 0 bridgehead atoms. The van der Waals surface area contributed by atoms with Crippen LogP contribution in [0.4, 0.5) is 13.2 Å². The summed E-state index contributed by atoms with van der Waals surface area (Å²) in [6, 6.07) is 6.69. The van der Waals surface area contributed by atoms with E-state index in [9.17, 15) is 13.2 Å². The van der Waals surface area contributed by atoms with Gasteiger partial charge in [-0.15, -0.1) is 13.2 Å². The number of ether oxygens (including phenoxy) is 1. The number of benzene rings is 1. The van der Waals surface area contributed by atoms with Crippen LogP contribution in [0.2, 0.25) is 0 Å². The number of hydrogen-bond acceptors (Lipinski definition) is 3. The lowest BCUT2D eigenvalue weighted by molar-refractivity contribution is -0.275. The van der Waals surface area contributed by atoms with Crippen molar-refractivity contribution >= 4 is 0 Å². The number of rotatable bonds is 4. The molecule has 1 N–H and O–H groups in total. The molecule has 0 radical (unpaired) electrons. The van der Waals surface area contributed by atoms with Crippen molar-refractivity contribution in [2.24, 2.45) is 5.92 Å². The van der Waals surface area contributed by atoms with Crippen LogP contribution < -0.4 is 10.1 Å². The van der Waals surface area contributed by atoms with Gasteiger partial charge in [0.2, 0.25) is 0 Å². The van der Waals surface area contributed by atoms with Gasteiger partial charge in [0.1, 0.15) is 5.75 Å². The van der Waals surface area contributed by atoms with Crippen LogP contribution in [0, 0.1) is 5.92 Å². The molecule has 1 aromatic carbocycles. The molecule has 6 heteroatoms. The lowest BCUT2D eigenvalue weighted by atomic mass is 9.80. The maximum absolute atomic E-state index is 12.8. The van der Waals surface area contributed by atoms with Crippen LogP contribution in [-0.2, 0) is 0 Å². The van der Waals surface area contributed by atoms with E-state index < -0.39 is 6.36 Å². The second kappa shape index (κ2) is 7.74. The molecule has 1 aliphatic heterocycles. The molecule has 2 fully saturated rings. The Morgan fingerprint density at radius 3 is 2.38 bits per heavy atom. The van der Waals surface area contributed by atoms with Gasteiger partial charge in [-0.1, -0.05) is 37.5 Å². The third-order valence-electron chi connectivity index (χ3n) is 5.10. The predicted molar refractivity (Wildman–Crippen MR) is 86.9 cm³/mol. The summed E-state index contributed by atoms with van der Waals surface area (Å²) in [5.74, 6) is 0.355. The average molecular weight is 342 g/mol. The van der Waals surface area contributed by atoms with Gasteiger partial charge >= 0.3 is 6.36 Å². The van der Waals surface area contributed by atoms with Crippen molar-refractivity contribution in [3.05, 3.63) is 29.8 Å². The van der Waals surface area contributed by atoms with Gasteiger partial charge in [0.25, 0.3) is 0 Å². The van der Waals surface area contributed by atoms with Crippen molar-refractivity contribution in [1.29, 1.82) is 0 Å². The zero-order valence-corrected chi connectivity index (χ0v) is 13.8. The summed E-state index contributed by atoms with van der Waals surface area (Å²) in [5.41, 5.74) is 0.684. The van der Waals surface area contributed by atoms with E-state index >= 15 is 0 Å². The maximum atomic E-state index is 12.8. The van der Waals surface area contributed by atoms with E-state index in [1.54, 1.807) is 6.07 Å². The molecular weight excluding hydrogens is 317 g/mol. The number of alkyl halides is 3. The summed E-state index contributed by atoms with van der Waals surface area (Å²) in [4.78, 5) is 2.34. The Morgan fingerprint density at radius 1 is 1.04 bits per heavy atom. The Kier molecular flexibility index (Phi) is 5.66. The fraction of sp³-hybridized carbons (Fsp3) is 0.667. The van der Waals surface area contributed by atoms with Crippen molar-refractivity contribution in [3.8, 4) is 5.75 Å².